The maximum Gasteiger partial charge on any atom is 0.247 e. The molecule has 0 aliphatic carbocycles. The van der Waals surface area contributed by atoms with Crippen LogP contribution in [0.15, 0.2) is 11.8 Å². The minimum absolute atomic E-state index is 0.371. The molecule has 0 aromatic heterocycles. The first-order valence-corrected chi connectivity index (χ1v) is 3.46. The van der Waals surface area contributed by atoms with Gasteiger partial charge < -0.3 is 5.11 Å². The molecule has 10 heavy (non-hydrogen) atoms. The predicted molar refractivity (Wildman–Crippen MR) is 41.7 cm³/mol. The van der Waals surface area contributed by atoms with Gasteiger partial charge in [-0.3, -0.25) is 4.79 Å². The van der Waals surface area contributed by atoms with Crippen LogP contribution in [0.25, 0.3) is 0 Å². The summed E-state index contributed by atoms with van der Waals surface area (Å²) < 4.78 is -1.90. The highest BCUT2D eigenvalue weighted by Crippen LogP contribution is 2.32. The van der Waals surface area contributed by atoms with E-state index < -0.39 is 9.55 Å². The van der Waals surface area contributed by atoms with Gasteiger partial charge in [-0.05, 0) is 6.92 Å². The third kappa shape index (κ3) is 3.99. The van der Waals surface area contributed by atoms with E-state index in [1.807, 2.05) is 0 Å². The van der Waals surface area contributed by atoms with Crippen LogP contribution in [-0.4, -0.2) is 14.7 Å². The molecule has 0 amide bonds. The van der Waals surface area contributed by atoms with E-state index in [4.69, 9.17) is 39.9 Å². The number of alkyl halides is 3. The van der Waals surface area contributed by atoms with Crippen molar-refractivity contribution in [3.05, 3.63) is 11.8 Å². The number of hydrogen-bond acceptors (Lipinski definition) is 2. The van der Waals surface area contributed by atoms with E-state index in [2.05, 4.69) is 0 Å². The second-order valence-corrected chi connectivity index (χ2v) is 3.92. The SMILES string of the molecule is CC(=O)/C=C(\O)C(Cl)(Cl)Cl. The molecular weight excluding hydrogens is 198 g/mol. The van der Waals surface area contributed by atoms with Crippen LogP contribution in [0, 0.1) is 0 Å². The molecule has 0 heterocycles. The topological polar surface area (TPSA) is 37.3 Å². The second-order valence-electron chi connectivity index (χ2n) is 1.64. The van der Waals surface area contributed by atoms with Crippen LogP contribution in [0.3, 0.4) is 0 Å². The van der Waals surface area contributed by atoms with Gasteiger partial charge in [0.2, 0.25) is 3.79 Å². The van der Waals surface area contributed by atoms with Crippen LogP contribution in [0.2, 0.25) is 0 Å². The summed E-state index contributed by atoms with van der Waals surface area (Å²) in [4.78, 5) is 10.3. The Morgan fingerprint density at radius 2 is 1.90 bits per heavy atom. The Kier molecular flexibility index (Phi) is 3.49. The number of aliphatic hydroxyl groups is 1. The largest absolute Gasteiger partial charge is 0.508 e. The third-order valence-corrected chi connectivity index (χ3v) is 1.21. The number of ketones is 1. The van der Waals surface area contributed by atoms with Crippen LogP contribution in [0.4, 0.5) is 0 Å². The summed E-state index contributed by atoms with van der Waals surface area (Å²) in [5.41, 5.74) is 0. The molecule has 5 heteroatoms. The number of allylic oxidation sites excluding steroid dienone is 2. The zero-order valence-electron chi connectivity index (χ0n) is 5.07. The molecule has 0 spiro atoms. The molecule has 0 atom stereocenters. The van der Waals surface area contributed by atoms with Gasteiger partial charge in [0, 0.05) is 6.08 Å². The van der Waals surface area contributed by atoms with Crippen molar-refractivity contribution in [3.63, 3.8) is 0 Å². The molecule has 0 radical (unpaired) electrons. The van der Waals surface area contributed by atoms with E-state index in [1.54, 1.807) is 0 Å². The Bertz CT molecular complexity index is 168. The number of carbonyl (C=O) groups excluding carboxylic acids is 1. The number of hydrogen-bond donors (Lipinski definition) is 1. The average Bonchev–Trinajstić information content (AvgIpc) is 1.60. The summed E-state index contributed by atoms with van der Waals surface area (Å²) in [7, 11) is 0. The van der Waals surface area contributed by atoms with E-state index >= 15 is 0 Å². The van der Waals surface area contributed by atoms with Crippen molar-refractivity contribution in [1.82, 2.24) is 0 Å². The van der Waals surface area contributed by atoms with Crippen LogP contribution in [0.1, 0.15) is 6.92 Å². The van der Waals surface area contributed by atoms with Crippen LogP contribution in [0.5, 0.6) is 0 Å². The van der Waals surface area contributed by atoms with Gasteiger partial charge in [-0.1, -0.05) is 34.8 Å². The summed E-state index contributed by atoms with van der Waals surface area (Å²) in [5, 5.41) is 8.80. The lowest BCUT2D eigenvalue weighted by Crippen LogP contribution is -2.07. The van der Waals surface area contributed by atoms with Gasteiger partial charge in [-0.15, -0.1) is 0 Å². The normalized spacial score (nSPS) is 13.4. The number of halogens is 3. The highest BCUT2D eigenvalue weighted by molar-refractivity contribution is 6.69. The maximum atomic E-state index is 10.3. The molecule has 0 aromatic carbocycles. The zero-order chi connectivity index (χ0) is 8.36. The maximum absolute atomic E-state index is 10.3. The minimum Gasteiger partial charge on any atom is -0.508 e. The van der Waals surface area contributed by atoms with Gasteiger partial charge in [0.1, 0.15) is 5.76 Å². The third-order valence-electron chi connectivity index (χ3n) is 0.630. The molecular formula is C5H5Cl3O2. The number of aliphatic hydroxyl groups excluding tert-OH is 1. The Hall–Kier alpha value is 0.0800. The quantitative estimate of drug-likeness (QED) is 0.404. The molecule has 0 aliphatic rings. The van der Waals surface area contributed by atoms with Crippen molar-refractivity contribution in [2.24, 2.45) is 0 Å². The first kappa shape index (κ1) is 10.1. The lowest BCUT2D eigenvalue weighted by molar-refractivity contribution is -0.112. The Labute approximate surface area is 73.4 Å². The van der Waals surface area contributed by atoms with Gasteiger partial charge in [-0.2, -0.15) is 0 Å². The second kappa shape index (κ2) is 3.46. The summed E-state index contributed by atoms with van der Waals surface area (Å²) in [5.74, 6) is -0.936. The fourth-order valence-electron chi connectivity index (χ4n) is 0.274. The molecule has 2 nitrogen and oxygen atoms in total. The Morgan fingerprint density at radius 1 is 1.50 bits per heavy atom. The van der Waals surface area contributed by atoms with Crippen molar-refractivity contribution >= 4 is 40.6 Å². The summed E-state index contributed by atoms with van der Waals surface area (Å²) >= 11 is 15.6. The highest BCUT2D eigenvalue weighted by Gasteiger charge is 2.25. The van der Waals surface area contributed by atoms with E-state index in [0.29, 0.717) is 0 Å². The van der Waals surface area contributed by atoms with Gasteiger partial charge in [0.15, 0.2) is 5.78 Å². The smallest absolute Gasteiger partial charge is 0.247 e. The summed E-state index contributed by atoms with van der Waals surface area (Å²) in [6.45, 7) is 1.24. The van der Waals surface area contributed by atoms with E-state index in [-0.39, 0.29) is 5.78 Å². The molecule has 0 fully saturated rings. The standard InChI is InChI=1S/C5H5Cl3O2/c1-3(9)2-4(10)5(6,7)8/h2,10H,1H3/b4-2-. The molecule has 0 rings (SSSR count). The van der Waals surface area contributed by atoms with Gasteiger partial charge in [0.25, 0.3) is 0 Å². The molecule has 0 bridgehead atoms. The van der Waals surface area contributed by atoms with Crippen LogP contribution >= 0.6 is 34.8 Å². The van der Waals surface area contributed by atoms with E-state index in [9.17, 15) is 4.79 Å². The summed E-state index contributed by atoms with van der Waals surface area (Å²) in [6.07, 6.45) is 0.854. The fourth-order valence-corrected chi connectivity index (χ4v) is 0.438. The minimum atomic E-state index is -1.90. The monoisotopic (exact) mass is 202 g/mol. The van der Waals surface area contributed by atoms with E-state index in [1.165, 1.54) is 6.92 Å². The first-order valence-electron chi connectivity index (χ1n) is 2.32. The highest BCUT2D eigenvalue weighted by atomic mass is 35.6. The van der Waals surface area contributed by atoms with E-state index in [0.717, 1.165) is 6.08 Å². The lowest BCUT2D eigenvalue weighted by Gasteiger charge is -2.07. The predicted octanol–water partition coefficient (Wildman–Crippen LogP) is 2.39. The first-order chi connectivity index (χ1) is 4.34. The van der Waals surface area contributed by atoms with Crippen molar-refractivity contribution in [2.45, 2.75) is 10.7 Å². The van der Waals surface area contributed by atoms with Crippen molar-refractivity contribution in [1.29, 1.82) is 0 Å². The molecule has 58 valence electrons. The fraction of sp³-hybridized carbons (Fsp3) is 0.400. The zero-order valence-corrected chi connectivity index (χ0v) is 7.33. The molecule has 0 saturated carbocycles. The Balaban J connectivity index is 4.35. The van der Waals surface area contributed by atoms with Gasteiger partial charge >= 0.3 is 0 Å². The summed E-state index contributed by atoms with van der Waals surface area (Å²) in [6, 6.07) is 0. The molecule has 0 unspecified atom stereocenters. The van der Waals surface area contributed by atoms with Crippen LogP contribution in [-0.2, 0) is 4.79 Å². The lowest BCUT2D eigenvalue weighted by atomic mass is 10.4. The molecule has 0 saturated heterocycles. The van der Waals surface area contributed by atoms with Crippen LogP contribution < -0.4 is 0 Å². The number of rotatable bonds is 1. The molecule has 1 N–H and O–H groups in total. The molecule has 0 aromatic rings. The number of carbonyl (C=O) groups is 1. The van der Waals surface area contributed by atoms with Crippen molar-refractivity contribution in [2.75, 3.05) is 0 Å². The van der Waals surface area contributed by atoms with Crippen molar-refractivity contribution in [3.8, 4) is 0 Å². The van der Waals surface area contributed by atoms with Crippen molar-refractivity contribution < 1.29 is 9.90 Å². The Morgan fingerprint density at radius 3 is 2.00 bits per heavy atom. The average molecular weight is 203 g/mol. The van der Waals surface area contributed by atoms with Gasteiger partial charge in [-0.25, -0.2) is 0 Å². The van der Waals surface area contributed by atoms with Gasteiger partial charge in [0.05, 0.1) is 0 Å². The molecule has 0 aliphatic heterocycles.